The second-order valence-electron chi connectivity index (χ2n) is 6.51. The smallest absolute Gasteiger partial charge is 0.162 e. The van der Waals surface area contributed by atoms with Crippen molar-refractivity contribution in [3.05, 3.63) is 51.4 Å². The van der Waals surface area contributed by atoms with E-state index in [9.17, 15) is 0 Å². The van der Waals surface area contributed by atoms with Crippen molar-refractivity contribution in [3.8, 4) is 11.1 Å². The van der Waals surface area contributed by atoms with E-state index < -0.39 is 0 Å². The van der Waals surface area contributed by atoms with Crippen LogP contribution in [-0.2, 0) is 5.41 Å². The van der Waals surface area contributed by atoms with E-state index in [-0.39, 0.29) is 5.41 Å². The van der Waals surface area contributed by atoms with E-state index in [0.717, 1.165) is 37.8 Å². The summed E-state index contributed by atoms with van der Waals surface area (Å²) in [5.74, 6) is 0. The molecule has 3 rings (SSSR count). The lowest BCUT2D eigenvalue weighted by atomic mass is 9.92. The largest absolute Gasteiger partial charge is 0.295 e. The van der Waals surface area contributed by atoms with Crippen LogP contribution in [0.2, 0.25) is 5.02 Å². The zero-order valence-corrected chi connectivity index (χ0v) is 14.6. The quantitative estimate of drug-likeness (QED) is 0.612. The Balaban J connectivity index is 2.35. The van der Waals surface area contributed by atoms with Gasteiger partial charge >= 0.3 is 0 Å². The van der Waals surface area contributed by atoms with Gasteiger partial charge in [0.1, 0.15) is 4.64 Å². The molecule has 2 heterocycles. The van der Waals surface area contributed by atoms with Gasteiger partial charge in [0.05, 0.1) is 5.69 Å². The fourth-order valence-electron chi connectivity index (χ4n) is 2.50. The van der Waals surface area contributed by atoms with Crippen molar-refractivity contribution in [2.45, 2.75) is 33.1 Å². The number of fused-ring (bicyclic) bond motifs is 1. The molecule has 0 saturated carbocycles. The SMILES string of the molecule is Cc1[nH]n2c(=S)cc(C(C)(C)C)nc2c1-c1ccc(Cl)cc1. The van der Waals surface area contributed by atoms with Crippen LogP contribution in [0.5, 0.6) is 0 Å². The summed E-state index contributed by atoms with van der Waals surface area (Å²) in [6, 6.07) is 9.76. The van der Waals surface area contributed by atoms with Crippen LogP contribution in [0.25, 0.3) is 16.8 Å². The summed E-state index contributed by atoms with van der Waals surface area (Å²) in [5.41, 5.74) is 4.98. The highest BCUT2D eigenvalue weighted by atomic mass is 35.5. The molecule has 0 bridgehead atoms. The minimum atomic E-state index is -0.0508. The van der Waals surface area contributed by atoms with Crippen LogP contribution >= 0.6 is 23.8 Å². The first-order valence-corrected chi connectivity index (χ1v) is 7.95. The van der Waals surface area contributed by atoms with E-state index in [1.54, 1.807) is 0 Å². The molecule has 1 N–H and O–H groups in total. The van der Waals surface area contributed by atoms with Crippen LogP contribution in [0.1, 0.15) is 32.2 Å². The average Bonchev–Trinajstić information content (AvgIpc) is 2.76. The van der Waals surface area contributed by atoms with Crippen molar-refractivity contribution >= 4 is 29.5 Å². The Hall–Kier alpha value is -1.65. The molecule has 0 radical (unpaired) electrons. The minimum absolute atomic E-state index is 0.0508. The Morgan fingerprint density at radius 2 is 1.82 bits per heavy atom. The van der Waals surface area contributed by atoms with Gasteiger partial charge in [0, 0.05) is 21.7 Å². The van der Waals surface area contributed by atoms with E-state index in [4.69, 9.17) is 28.8 Å². The third-order valence-electron chi connectivity index (χ3n) is 3.70. The molecule has 0 fully saturated rings. The van der Waals surface area contributed by atoms with Gasteiger partial charge in [-0.1, -0.05) is 56.7 Å². The molecule has 0 atom stereocenters. The highest BCUT2D eigenvalue weighted by molar-refractivity contribution is 7.71. The van der Waals surface area contributed by atoms with Gasteiger partial charge in [-0.25, -0.2) is 9.50 Å². The zero-order valence-electron chi connectivity index (χ0n) is 13.1. The number of nitrogens with one attached hydrogen (secondary N) is 1. The maximum absolute atomic E-state index is 6.00. The molecule has 0 aliphatic heterocycles. The molecule has 114 valence electrons. The third kappa shape index (κ3) is 2.57. The first-order chi connectivity index (χ1) is 10.3. The molecule has 0 unspecified atom stereocenters. The van der Waals surface area contributed by atoms with E-state index in [1.807, 2.05) is 41.8 Å². The summed E-state index contributed by atoms with van der Waals surface area (Å²) in [5, 5.41) is 4.03. The van der Waals surface area contributed by atoms with Crippen molar-refractivity contribution in [2.75, 3.05) is 0 Å². The second-order valence-corrected chi connectivity index (χ2v) is 7.36. The molecule has 2 aromatic heterocycles. The van der Waals surface area contributed by atoms with Gasteiger partial charge in [0.2, 0.25) is 0 Å². The van der Waals surface area contributed by atoms with Crippen LogP contribution in [0.4, 0.5) is 0 Å². The number of benzene rings is 1. The number of H-pyrrole nitrogens is 1. The van der Waals surface area contributed by atoms with Gasteiger partial charge in [-0.2, -0.15) is 0 Å². The fraction of sp³-hybridized carbons (Fsp3) is 0.294. The molecule has 3 nitrogen and oxygen atoms in total. The number of hydrogen-bond donors (Lipinski definition) is 1. The highest BCUT2D eigenvalue weighted by Gasteiger charge is 2.19. The Morgan fingerprint density at radius 1 is 1.18 bits per heavy atom. The summed E-state index contributed by atoms with van der Waals surface area (Å²) in [6.45, 7) is 8.45. The normalized spacial score (nSPS) is 12.0. The Morgan fingerprint density at radius 3 is 2.41 bits per heavy atom. The number of aryl methyl sites for hydroxylation is 1. The maximum atomic E-state index is 6.00. The lowest BCUT2D eigenvalue weighted by Gasteiger charge is -2.17. The van der Waals surface area contributed by atoms with Crippen molar-refractivity contribution in [2.24, 2.45) is 0 Å². The van der Waals surface area contributed by atoms with Crippen LogP contribution in [-0.4, -0.2) is 14.6 Å². The van der Waals surface area contributed by atoms with E-state index in [1.165, 1.54) is 0 Å². The molecule has 0 amide bonds. The predicted octanol–water partition coefficient (Wildman–Crippen LogP) is 5.32. The molecule has 0 spiro atoms. The van der Waals surface area contributed by atoms with Gasteiger partial charge in [-0.3, -0.25) is 5.10 Å². The minimum Gasteiger partial charge on any atom is -0.295 e. The number of aromatic nitrogens is 3. The maximum Gasteiger partial charge on any atom is 0.162 e. The molecule has 0 saturated heterocycles. The van der Waals surface area contributed by atoms with Crippen molar-refractivity contribution in [1.29, 1.82) is 0 Å². The summed E-state index contributed by atoms with van der Waals surface area (Å²) in [7, 11) is 0. The number of rotatable bonds is 1. The lowest BCUT2D eigenvalue weighted by molar-refractivity contribution is 0.567. The molecule has 22 heavy (non-hydrogen) atoms. The van der Waals surface area contributed by atoms with E-state index >= 15 is 0 Å². The lowest BCUT2D eigenvalue weighted by Crippen LogP contribution is -2.14. The Kier molecular flexibility index (Phi) is 3.62. The first-order valence-electron chi connectivity index (χ1n) is 7.16. The molecule has 1 aromatic carbocycles. The van der Waals surface area contributed by atoms with Crippen molar-refractivity contribution in [1.82, 2.24) is 14.6 Å². The highest BCUT2D eigenvalue weighted by Crippen LogP contribution is 2.30. The predicted molar refractivity (Wildman–Crippen MR) is 94.3 cm³/mol. The van der Waals surface area contributed by atoms with Crippen LogP contribution in [0, 0.1) is 11.6 Å². The van der Waals surface area contributed by atoms with Crippen LogP contribution in [0.3, 0.4) is 0 Å². The molecule has 5 heteroatoms. The van der Waals surface area contributed by atoms with E-state index in [0.29, 0.717) is 0 Å². The molecular weight excluding hydrogens is 314 g/mol. The van der Waals surface area contributed by atoms with Crippen molar-refractivity contribution < 1.29 is 0 Å². The average molecular weight is 332 g/mol. The third-order valence-corrected chi connectivity index (χ3v) is 4.25. The molecule has 3 aromatic rings. The molecular formula is C17H18ClN3S. The second kappa shape index (κ2) is 5.21. The zero-order chi connectivity index (χ0) is 16.1. The summed E-state index contributed by atoms with van der Waals surface area (Å²) < 4.78 is 2.60. The fourth-order valence-corrected chi connectivity index (χ4v) is 2.87. The Labute approximate surface area is 140 Å². The first kappa shape index (κ1) is 15.3. The monoisotopic (exact) mass is 331 g/mol. The number of hydrogen-bond acceptors (Lipinski definition) is 2. The van der Waals surface area contributed by atoms with Crippen LogP contribution in [0.15, 0.2) is 30.3 Å². The van der Waals surface area contributed by atoms with Gasteiger partial charge in [-0.05, 0) is 30.7 Å². The Bertz CT molecular complexity index is 899. The number of nitrogens with zero attached hydrogens (tertiary/aromatic N) is 2. The summed E-state index contributed by atoms with van der Waals surface area (Å²) >= 11 is 11.5. The van der Waals surface area contributed by atoms with E-state index in [2.05, 4.69) is 25.9 Å². The van der Waals surface area contributed by atoms with Gasteiger partial charge in [0.15, 0.2) is 5.65 Å². The number of aromatic amines is 1. The molecule has 0 aliphatic rings. The summed E-state index contributed by atoms with van der Waals surface area (Å²) in [6.07, 6.45) is 0. The van der Waals surface area contributed by atoms with Gasteiger partial charge < -0.3 is 0 Å². The van der Waals surface area contributed by atoms with Crippen LogP contribution < -0.4 is 0 Å². The standard InChI is InChI=1S/C17H18ClN3S/c1-10-15(11-5-7-12(18)8-6-11)16-19-13(17(2,3)4)9-14(22)21(16)20-10/h5-9,20H,1-4H3. The van der Waals surface area contributed by atoms with Gasteiger partial charge in [-0.15, -0.1) is 0 Å². The van der Waals surface area contributed by atoms with Gasteiger partial charge in [0.25, 0.3) is 0 Å². The van der Waals surface area contributed by atoms with Crippen molar-refractivity contribution in [3.63, 3.8) is 0 Å². The number of halogens is 1. The topological polar surface area (TPSA) is 33.1 Å². The molecule has 0 aliphatic carbocycles. The summed E-state index contributed by atoms with van der Waals surface area (Å²) in [4.78, 5) is 4.86.